The summed E-state index contributed by atoms with van der Waals surface area (Å²) < 4.78 is 17.8. The summed E-state index contributed by atoms with van der Waals surface area (Å²) in [6.45, 7) is 6.60. The van der Waals surface area contributed by atoms with Gasteiger partial charge in [0.2, 0.25) is 6.10 Å². The number of hydrogen-bond donors (Lipinski definition) is 3. The van der Waals surface area contributed by atoms with E-state index in [0.717, 1.165) is 5.56 Å². The fourth-order valence-corrected chi connectivity index (χ4v) is 3.31. The van der Waals surface area contributed by atoms with E-state index in [4.69, 9.17) is 25.4 Å². The van der Waals surface area contributed by atoms with Crippen molar-refractivity contribution in [3.05, 3.63) is 89.5 Å². The second-order valence-corrected chi connectivity index (χ2v) is 7.95. The summed E-state index contributed by atoms with van der Waals surface area (Å²) in [6, 6.07) is 21.8. The average Bonchev–Trinajstić information content (AvgIpc) is 2.83. The van der Waals surface area contributed by atoms with Gasteiger partial charge in [0, 0.05) is 17.7 Å². The van der Waals surface area contributed by atoms with Crippen molar-refractivity contribution in [2.24, 2.45) is 5.73 Å². The first-order valence-electron chi connectivity index (χ1n) is 11.2. The lowest BCUT2D eigenvalue weighted by molar-refractivity contribution is -0.128. The average molecular weight is 462 g/mol. The second kappa shape index (κ2) is 11.7. The van der Waals surface area contributed by atoms with Crippen LogP contribution in [0.4, 0.5) is 0 Å². The Labute approximate surface area is 200 Å². The van der Waals surface area contributed by atoms with Crippen LogP contribution in [0.2, 0.25) is 0 Å². The van der Waals surface area contributed by atoms with Crippen LogP contribution in [0.15, 0.2) is 72.8 Å². The van der Waals surface area contributed by atoms with Crippen LogP contribution in [-0.4, -0.2) is 24.5 Å². The summed E-state index contributed by atoms with van der Waals surface area (Å²) >= 11 is 0. The Hall–Kier alpha value is -4.00. The SMILES string of the molecule is CCOc1cc(C(Oc2ccc(C(=N)N)cc2)C(=O)NCc2ccccc2)ccc1OC(C)C. The molecule has 0 radical (unpaired) electrons. The number of rotatable bonds is 11. The first kappa shape index (κ1) is 24.6. The molecule has 34 heavy (non-hydrogen) atoms. The van der Waals surface area contributed by atoms with E-state index < -0.39 is 6.10 Å². The van der Waals surface area contributed by atoms with Crippen LogP contribution in [0.3, 0.4) is 0 Å². The number of nitrogens with one attached hydrogen (secondary N) is 2. The van der Waals surface area contributed by atoms with Gasteiger partial charge in [-0.25, -0.2) is 0 Å². The number of nitrogens with two attached hydrogens (primary N) is 1. The standard InChI is InChI=1S/C27H31N3O4/c1-4-32-24-16-21(12-15-23(24)33-18(2)3)25(27(31)30-17-19-8-6-5-7-9-19)34-22-13-10-20(11-14-22)26(28)29/h5-16,18,25H,4,17H2,1-3H3,(H3,28,29)(H,30,31). The number of carbonyl (C=O) groups is 1. The molecule has 0 aliphatic rings. The molecule has 4 N–H and O–H groups in total. The fourth-order valence-electron chi connectivity index (χ4n) is 3.31. The van der Waals surface area contributed by atoms with Gasteiger partial charge in [0.25, 0.3) is 5.91 Å². The number of nitrogen functional groups attached to an aromatic ring is 1. The summed E-state index contributed by atoms with van der Waals surface area (Å²) in [7, 11) is 0. The van der Waals surface area contributed by atoms with Crippen molar-refractivity contribution in [2.45, 2.75) is 39.5 Å². The molecule has 0 saturated heterocycles. The van der Waals surface area contributed by atoms with Gasteiger partial charge in [0.15, 0.2) is 11.5 Å². The van der Waals surface area contributed by atoms with Crippen molar-refractivity contribution in [2.75, 3.05) is 6.61 Å². The Balaban J connectivity index is 1.90. The largest absolute Gasteiger partial charge is 0.490 e. The molecule has 3 rings (SSSR count). The molecule has 1 atom stereocenters. The van der Waals surface area contributed by atoms with Gasteiger partial charge in [-0.3, -0.25) is 10.2 Å². The zero-order chi connectivity index (χ0) is 24.5. The molecule has 178 valence electrons. The molecule has 0 fully saturated rings. The quantitative estimate of drug-likeness (QED) is 0.286. The van der Waals surface area contributed by atoms with Crippen LogP contribution in [0, 0.1) is 5.41 Å². The van der Waals surface area contributed by atoms with Crippen molar-refractivity contribution in [3.63, 3.8) is 0 Å². The van der Waals surface area contributed by atoms with Crippen molar-refractivity contribution in [1.29, 1.82) is 5.41 Å². The maximum Gasteiger partial charge on any atom is 0.266 e. The Morgan fingerprint density at radius 3 is 2.29 bits per heavy atom. The third-order valence-corrected chi connectivity index (χ3v) is 4.90. The van der Waals surface area contributed by atoms with Crippen LogP contribution in [0.1, 0.15) is 43.6 Å². The maximum atomic E-state index is 13.3. The lowest BCUT2D eigenvalue weighted by Gasteiger charge is -2.21. The van der Waals surface area contributed by atoms with Gasteiger partial charge in [-0.2, -0.15) is 0 Å². The number of benzene rings is 3. The van der Waals surface area contributed by atoms with Crippen molar-refractivity contribution < 1.29 is 19.0 Å². The van der Waals surface area contributed by atoms with Gasteiger partial charge in [-0.05, 0) is 62.7 Å². The minimum atomic E-state index is -0.931. The van der Waals surface area contributed by atoms with E-state index in [9.17, 15) is 4.79 Å². The van der Waals surface area contributed by atoms with Gasteiger partial charge >= 0.3 is 0 Å². The Bertz CT molecular complexity index is 1100. The molecule has 0 saturated carbocycles. The van der Waals surface area contributed by atoms with E-state index in [1.165, 1.54) is 0 Å². The summed E-state index contributed by atoms with van der Waals surface area (Å²) in [5.41, 5.74) is 7.73. The molecule has 0 spiro atoms. The molecular weight excluding hydrogens is 430 g/mol. The molecule has 0 heterocycles. The van der Waals surface area contributed by atoms with Gasteiger partial charge in [-0.1, -0.05) is 36.4 Å². The summed E-state index contributed by atoms with van der Waals surface area (Å²) in [5, 5.41) is 10.5. The molecule has 1 amide bonds. The minimum Gasteiger partial charge on any atom is -0.490 e. The van der Waals surface area contributed by atoms with E-state index in [0.29, 0.717) is 41.5 Å². The van der Waals surface area contributed by atoms with Crippen molar-refractivity contribution in [3.8, 4) is 17.2 Å². The molecule has 3 aromatic carbocycles. The second-order valence-electron chi connectivity index (χ2n) is 7.95. The third kappa shape index (κ3) is 6.75. The molecule has 0 aromatic heterocycles. The third-order valence-electron chi connectivity index (χ3n) is 4.90. The van der Waals surface area contributed by atoms with E-state index in [1.54, 1.807) is 42.5 Å². The highest BCUT2D eigenvalue weighted by atomic mass is 16.5. The Morgan fingerprint density at radius 1 is 0.971 bits per heavy atom. The Kier molecular flexibility index (Phi) is 8.51. The molecule has 1 unspecified atom stereocenters. The highest BCUT2D eigenvalue weighted by Gasteiger charge is 2.25. The van der Waals surface area contributed by atoms with Gasteiger partial charge in [-0.15, -0.1) is 0 Å². The summed E-state index contributed by atoms with van der Waals surface area (Å²) in [4.78, 5) is 13.3. The number of amidine groups is 1. The predicted molar refractivity (Wildman–Crippen MR) is 132 cm³/mol. The van der Waals surface area contributed by atoms with Crippen LogP contribution in [0.5, 0.6) is 17.2 Å². The number of carbonyl (C=O) groups excluding carboxylic acids is 1. The molecule has 3 aromatic rings. The molecule has 7 nitrogen and oxygen atoms in total. The van der Waals surface area contributed by atoms with Crippen LogP contribution in [0.25, 0.3) is 0 Å². The van der Waals surface area contributed by atoms with Gasteiger partial charge in [0.1, 0.15) is 11.6 Å². The van der Waals surface area contributed by atoms with Crippen LogP contribution in [-0.2, 0) is 11.3 Å². The lowest BCUT2D eigenvalue weighted by Crippen LogP contribution is -2.32. The van der Waals surface area contributed by atoms with Gasteiger partial charge < -0.3 is 25.3 Å². The zero-order valence-electron chi connectivity index (χ0n) is 19.7. The normalized spacial score (nSPS) is 11.5. The lowest BCUT2D eigenvalue weighted by atomic mass is 10.1. The molecule has 0 aliphatic heterocycles. The first-order valence-corrected chi connectivity index (χ1v) is 11.2. The topological polar surface area (TPSA) is 107 Å². The number of amides is 1. The Morgan fingerprint density at radius 2 is 1.68 bits per heavy atom. The fraction of sp³-hybridized carbons (Fsp3) is 0.259. The minimum absolute atomic E-state index is 0.0222. The van der Waals surface area contributed by atoms with E-state index in [1.807, 2.05) is 51.1 Å². The molecule has 0 aliphatic carbocycles. The van der Waals surface area contributed by atoms with Crippen molar-refractivity contribution in [1.82, 2.24) is 5.32 Å². The zero-order valence-corrected chi connectivity index (χ0v) is 19.7. The highest BCUT2D eigenvalue weighted by Crippen LogP contribution is 2.33. The molecule has 0 bridgehead atoms. The monoisotopic (exact) mass is 461 g/mol. The molecule has 7 heteroatoms. The van der Waals surface area contributed by atoms with Gasteiger partial charge in [0.05, 0.1) is 12.7 Å². The predicted octanol–water partition coefficient (Wildman–Crippen LogP) is 4.59. The highest BCUT2D eigenvalue weighted by molar-refractivity contribution is 5.95. The smallest absolute Gasteiger partial charge is 0.266 e. The number of ether oxygens (including phenoxy) is 3. The maximum absolute atomic E-state index is 13.3. The van der Waals surface area contributed by atoms with Crippen molar-refractivity contribution >= 4 is 11.7 Å². The number of hydrogen-bond acceptors (Lipinski definition) is 5. The summed E-state index contributed by atoms with van der Waals surface area (Å²) in [6.07, 6.45) is -0.953. The van der Waals surface area contributed by atoms with E-state index in [2.05, 4.69) is 5.32 Å². The van der Waals surface area contributed by atoms with Crippen LogP contribution < -0.4 is 25.3 Å². The van der Waals surface area contributed by atoms with E-state index >= 15 is 0 Å². The van der Waals surface area contributed by atoms with E-state index in [-0.39, 0.29) is 17.8 Å². The van der Waals surface area contributed by atoms with Crippen LogP contribution >= 0.6 is 0 Å². The first-order chi connectivity index (χ1) is 16.4. The summed E-state index contributed by atoms with van der Waals surface area (Å²) in [5.74, 6) is 1.30. The molecular formula is C27H31N3O4.